The van der Waals surface area contributed by atoms with Gasteiger partial charge in [-0.3, -0.25) is 4.79 Å². The zero-order valence-corrected chi connectivity index (χ0v) is 19.2. The Balaban J connectivity index is 1.71. The number of carbonyl (C=O) groups is 1. The molecule has 1 aromatic carbocycles. The maximum Gasteiger partial charge on any atom is 0.418 e. The molecule has 0 radical (unpaired) electrons. The molecule has 0 bridgehead atoms. The lowest BCUT2D eigenvalue weighted by Gasteiger charge is -2.32. The summed E-state index contributed by atoms with van der Waals surface area (Å²) >= 11 is 6.17. The lowest BCUT2D eigenvalue weighted by Crippen LogP contribution is -2.35. The van der Waals surface area contributed by atoms with Crippen LogP contribution in [0.2, 0.25) is 0 Å². The predicted octanol–water partition coefficient (Wildman–Crippen LogP) is 6.93. The highest BCUT2D eigenvalue weighted by Gasteiger charge is 2.48. The van der Waals surface area contributed by atoms with Crippen molar-refractivity contribution in [2.45, 2.75) is 30.9 Å². The Morgan fingerprint density at radius 3 is 2.42 bits per heavy atom. The van der Waals surface area contributed by atoms with Gasteiger partial charge in [-0.1, -0.05) is 12.1 Å². The van der Waals surface area contributed by atoms with Gasteiger partial charge in [0.25, 0.3) is 5.91 Å². The van der Waals surface area contributed by atoms with Gasteiger partial charge in [-0.05, 0) is 56.1 Å². The van der Waals surface area contributed by atoms with Crippen LogP contribution in [0.1, 0.15) is 40.3 Å². The topological polar surface area (TPSA) is 72.1 Å². The summed E-state index contributed by atoms with van der Waals surface area (Å²) in [4.78, 5) is 12.7. The number of rotatable bonds is 3. The number of alkyl halides is 6. The van der Waals surface area contributed by atoms with Crippen molar-refractivity contribution in [3.63, 3.8) is 0 Å². The van der Waals surface area contributed by atoms with Gasteiger partial charge in [0.1, 0.15) is 11.6 Å². The fraction of sp³-hybridized carbons (Fsp3) is 0.263. The Hall–Kier alpha value is -2.48. The van der Waals surface area contributed by atoms with Crippen LogP contribution in [0.25, 0.3) is 0 Å². The molecule has 3 aromatic rings. The Bertz CT molecular complexity index is 1200. The SMILES string of the molecule is O=C(Nc1ccccc1C(F)(F)F)c1nn2c(c1Br)NC(c1ccc(Br)o1)CC2C(F)(F)F. The first-order valence-electron chi connectivity index (χ1n) is 9.20. The molecule has 2 unspecified atom stereocenters. The Morgan fingerprint density at radius 2 is 1.82 bits per heavy atom. The van der Waals surface area contributed by atoms with E-state index in [9.17, 15) is 31.1 Å². The summed E-state index contributed by atoms with van der Waals surface area (Å²) in [5.74, 6) is -1.04. The number of anilines is 2. The number of nitrogens with zero attached hydrogens (tertiary/aromatic N) is 2. The second kappa shape index (κ2) is 8.38. The second-order valence-corrected chi connectivity index (χ2v) is 8.66. The van der Waals surface area contributed by atoms with Gasteiger partial charge in [-0.25, -0.2) is 4.68 Å². The number of halogens is 8. The molecule has 0 spiro atoms. The van der Waals surface area contributed by atoms with Crippen LogP contribution < -0.4 is 10.6 Å². The average molecular weight is 602 g/mol. The van der Waals surface area contributed by atoms with E-state index in [1.807, 2.05) is 0 Å². The lowest BCUT2D eigenvalue weighted by atomic mass is 10.0. The van der Waals surface area contributed by atoms with Crippen LogP contribution in [0.15, 0.2) is 50.0 Å². The number of carbonyl (C=O) groups excluding carboxylic acids is 1. The van der Waals surface area contributed by atoms with Crippen LogP contribution in [0.3, 0.4) is 0 Å². The Kier molecular flexibility index (Phi) is 6.01. The molecule has 4 rings (SSSR count). The number of hydrogen-bond donors (Lipinski definition) is 2. The molecule has 0 saturated carbocycles. The molecule has 0 aliphatic carbocycles. The summed E-state index contributed by atoms with van der Waals surface area (Å²) < 4.78 is 87.3. The normalized spacial score (nSPS) is 18.5. The largest absolute Gasteiger partial charge is 0.452 e. The Labute approximate surface area is 198 Å². The lowest BCUT2D eigenvalue weighted by molar-refractivity contribution is -0.174. The van der Waals surface area contributed by atoms with Crippen LogP contribution in [0.4, 0.5) is 37.8 Å². The van der Waals surface area contributed by atoms with Gasteiger partial charge in [-0.15, -0.1) is 0 Å². The summed E-state index contributed by atoms with van der Waals surface area (Å²) in [6, 6.07) is 4.25. The third kappa shape index (κ3) is 4.63. The predicted molar refractivity (Wildman–Crippen MR) is 112 cm³/mol. The van der Waals surface area contributed by atoms with Crippen molar-refractivity contribution in [3.05, 3.63) is 62.6 Å². The van der Waals surface area contributed by atoms with E-state index < -0.39 is 53.7 Å². The van der Waals surface area contributed by atoms with Gasteiger partial charge in [0, 0.05) is 6.42 Å². The maximum atomic E-state index is 13.8. The van der Waals surface area contributed by atoms with E-state index in [1.54, 1.807) is 0 Å². The second-order valence-electron chi connectivity index (χ2n) is 7.09. The first kappa shape index (κ1) is 23.7. The van der Waals surface area contributed by atoms with E-state index in [2.05, 4.69) is 47.6 Å². The summed E-state index contributed by atoms with van der Waals surface area (Å²) in [6.45, 7) is 0. The quantitative estimate of drug-likeness (QED) is 0.319. The van der Waals surface area contributed by atoms with E-state index >= 15 is 0 Å². The fourth-order valence-corrected chi connectivity index (χ4v) is 4.33. The van der Waals surface area contributed by atoms with Gasteiger partial charge >= 0.3 is 12.4 Å². The number of hydrogen-bond acceptors (Lipinski definition) is 4. The number of furan rings is 1. The van der Waals surface area contributed by atoms with Gasteiger partial charge < -0.3 is 15.1 Å². The fourth-order valence-electron chi connectivity index (χ4n) is 3.46. The minimum absolute atomic E-state index is 0.130. The van der Waals surface area contributed by atoms with Gasteiger partial charge in [0.15, 0.2) is 16.4 Å². The number of benzene rings is 1. The number of amides is 1. The van der Waals surface area contributed by atoms with E-state index in [1.165, 1.54) is 18.2 Å². The third-order valence-corrected chi connectivity index (χ3v) is 6.11. The minimum atomic E-state index is -4.75. The molecule has 0 fully saturated rings. The van der Waals surface area contributed by atoms with Gasteiger partial charge in [0.05, 0.1) is 21.8 Å². The van der Waals surface area contributed by atoms with Crippen molar-refractivity contribution in [1.82, 2.24) is 9.78 Å². The first-order chi connectivity index (χ1) is 15.4. The minimum Gasteiger partial charge on any atom is -0.452 e. The first-order valence-corrected chi connectivity index (χ1v) is 10.8. The Morgan fingerprint density at radius 1 is 1.12 bits per heavy atom. The van der Waals surface area contributed by atoms with Crippen molar-refractivity contribution in [1.29, 1.82) is 0 Å². The van der Waals surface area contributed by atoms with Crippen LogP contribution in [0.5, 0.6) is 0 Å². The number of fused-ring (bicyclic) bond motifs is 1. The molecule has 33 heavy (non-hydrogen) atoms. The molecule has 1 aliphatic heterocycles. The zero-order chi connectivity index (χ0) is 24.1. The molecule has 2 atom stereocenters. The van der Waals surface area contributed by atoms with Crippen LogP contribution in [-0.2, 0) is 6.18 Å². The monoisotopic (exact) mass is 600 g/mol. The number of para-hydroxylation sites is 1. The van der Waals surface area contributed by atoms with Gasteiger partial charge in [-0.2, -0.15) is 31.4 Å². The van der Waals surface area contributed by atoms with Crippen molar-refractivity contribution in [3.8, 4) is 0 Å². The molecular formula is C19H12Br2F6N4O2. The summed E-state index contributed by atoms with van der Waals surface area (Å²) in [5.41, 5.74) is -2.16. The highest BCUT2D eigenvalue weighted by molar-refractivity contribution is 9.10. The van der Waals surface area contributed by atoms with E-state index in [-0.39, 0.29) is 16.1 Å². The molecule has 3 heterocycles. The van der Waals surface area contributed by atoms with E-state index in [0.29, 0.717) is 9.35 Å². The summed E-state index contributed by atoms with van der Waals surface area (Å²) in [7, 11) is 0. The highest BCUT2D eigenvalue weighted by atomic mass is 79.9. The van der Waals surface area contributed by atoms with Gasteiger partial charge in [0.2, 0.25) is 0 Å². The van der Waals surface area contributed by atoms with Crippen molar-refractivity contribution in [2.24, 2.45) is 0 Å². The average Bonchev–Trinajstić information content (AvgIpc) is 3.30. The molecule has 176 valence electrons. The zero-order valence-electron chi connectivity index (χ0n) is 16.1. The summed E-state index contributed by atoms with van der Waals surface area (Å²) in [5, 5.41) is 8.71. The molecule has 6 nitrogen and oxygen atoms in total. The van der Waals surface area contributed by atoms with E-state index in [4.69, 9.17) is 4.42 Å². The van der Waals surface area contributed by atoms with Crippen LogP contribution >= 0.6 is 31.9 Å². The van der Waals surface area contributed by atoms with Crippen molar-refractivity contribution < 1.29 is 35.6 Å². The molecular weight excluding hydrogens is 590 g/mol. The molecule has 1 amide bonds. The van der Waals surface area contributed by atoms with Crippen LogP contribution in [-0.4, -0.2) is 21.9 Å². The molecule has 14 heteroatoms. The highest BCUT2D eigenvalue weighted by Crippen LogP contribution is 2.47. The number of aromatic nitrogens is 2. The third-order valence-electron chi connectivity index (χ3n) is 4.93. The van der Waals surface area contributed by atoms with Crippen molar-refractivity contribution >= 4 is 49.3 Å². The molecule has 1 aliphatic rings. The number of nitrogens with one attached hydrogen (secondary N) is 2. The van der Waals surface area contributed by atoms with Crippen LogP contribution in [0, 0.1) is 0 Å². The smallest absolute Gasteiger partial charge is 0.418 e. The maximum absolute atomic E-state index is 13.8. The van der Waals surface area contributed by atoms with Crippen molar-refractivity contribution in [2.75, 3.05) is 10.6 Å². The molecule has 0 saturated heterocycles. The molecule has 2 aromatic heterocycles. The summed E-state index contributed by atoms with van der Waals surface area (Å²) in [6.07, 6.45) is -9.95. The molecule has 2 N–H and O–H groups in total. The standard InChI is InChI=1S/C19H12Br2F6N4O2/c20-13-6-5-11(33-13)10-7-12(19(25,26)27)31-16(28-10)14(21)15(30-31)17(32)29-9-4-2-1-3-8(9)18(22,23)24/h1-6,10,12,28H,7H2,(H,29,32). The van der Waals surface area contributed by atoms with E-state index in [0.717, 1.165) is 18.2 Å².